The van der Waals surface area contributed by atoms with E-state index in [0.717, 1.165) is 36.6 Å². The summed E-state index contributed by atoms with van der Waals surface area (Å²) in [6, 6.07) is 1.56. The summed E-state index contributed by atoms with van der Waals surface area (Å²) in [7, 11) is 2.07. The van der Waals surface area contributed by atoms with Crippen LogP contribution in [-0.2, 0) is 0 Å². The molecule has 1 unspecified atom stereocenters. The van der Waals surface area contributed by atoms with Gasteiger partial charge in [-0.15, -0.1) is 5.10 Å². The fourth-order valence-corrected chi connectivity index (χ4v) is 2.54. The first kappa shape index (κ1) is 14.6. The molecule has 0 bridgehead atoms. The van der Waals surface area contributed by atoms with Crippen molar-refractivity contribution in [3.63, 3.8) is 0 Å². The Balaban J connectivity index is 1.86. The third kappa shape index (κ3) is 3.11. The molecule has 1 aliphatic heterocycles. The first-order chi connectivity index (χ1) is 10.5. The van der Waals surface area contributed by atoms with E-state index in [1.807, 2.05) is 13.8 Å². The molecule has 2 N–H and O–H groups in total. The van der Waals surface area contributed by atoms with Gasteiger partial charge in [0.05, 0.1) is 17.1 Å². The number of aryl methyl sites for hydroxylation is 2. The van der Waals surface area contributed by atoms with Gasteiger partial charge >= 0.3 is 0 Å². The van der Waals surface area contributed by atoms with Crippen LogP contribution in [0.25, 0.3) is 0 Å². The first-order valence-corrected chi connectivity index (χ1v) is 7.26. The zero-order valence-corrected chi connectivity index (χ0v) is 12.9. The molecule has 3 rings (SSSR count). The molecule has 0 amide bonds. The van der Waals surface area contributed by atoms with Gasteiger partial charge in [-0.2, -0.15) is 5.10 Å². The Morgan fingerprint density at radius 2 is 2.09 bits per heavy atom. The molecule has 0 saturated carbocycles. The van der Waals surface area contributed by atoms with Crippen LogP contribution >= 0.6 is 0 Å². The van der Waals surface area contributed by atoms with E-state index in [-0.39, 0.29) is 11.5 Å². The van der Waals surface area contributed by atoms with Crippen molar-refractivity contribution >= 4 is 11.9 Å². The lowest BCUT2D eigenvalue weighted by Gasteiger charge is -2.11. The van der Waals surface area contributed by atoms with Gasteiger partial charge in [-0.3, -0.25) is 15.1 Å². The average molecular weight is 301 g/mol. The summed E-state index contributed by atoms with van der Waals surface area (Å²) in [5.74, 6) is 0.959. The van der Waals surface area contributed by atoms with Crippen LogP contribution < -0.4 is 10.9 Å². The number of hydrogen-bond acceptors (Lipinski definition) is 7. The summed E-state index contributed by atoms with van der Waals surface area (Å²) in [4.78, 5) is 25.5. The van der Waals surface area contributed by atoms with Gasteiger partial charge in [0.1, 0.15) is 0 Å². The van der Waals surface area contributed by atoms with Gasteiger partial charge in [0.2, 0.25) is 11.9 Å². The highest BCUT2D eigenvalue weighted by Crippen LogP contribution is 2.24. The number of rotatable bonds is 3. The van der Waals surface area contributed by atoms with E-state index >= 15 is 0 Å². The summed E-state index contributed by atoms with van der Waals surface area (Å²) < 4.78 is 0. The van der Waals surface area contributed by atoms with E-state index in [1.54, 1.807) is 6.07 Å². The molecule has 8 heteroatoms. The quantitative estimate of drug-likeness (QED) is 0.862. The second kappa shape index (κ2) is 5.80. The highest BCUT2D eigenvalue weighted by Gasteiger charge is 2.23. The first-order valence-electron chi connectivity index (χ1n) is 7.26. The summed E-state index contributed by atoms with van der Waals surface area (Å²) in [6.45, 7) is 5.64. The van der Waals surface area contributed by atoms with Crippen molar-refractivity contribution in [2.45, 2.75) is 26.2 Å². The molecule has 0 aliphatic carbocycles. The fraction of sp³-hybridized carbons (Fsp3) is 0.500. The third-order valence-corrected chi connectivity index (χ3v) is 3.89. The maximum atomic E-state index is 11.9. The smallest absolute Gasteiger partial charge is 0.252 e. The highest BCUT2D eigenvalue weighted by molar-refractivity contribution is 5.42. The van der Waals surface area contributed by atoms with E-state index < -0.39 is 0 Å². The minimum atomic E-state index is -0.182. The molecule has 1 saturated heterocycles. The second-order valence-electron chi connectivity index (χ2n) is 5.70. The van der Waals surface area contributed by atoms with E-state index in [9.17, 15) is 4.79 Å². The van der Waals surface area contributed by atoms with Gasteiger partial charge in [-0.1, -0.05) is 0 Å². The second-order valence-corrected chi connectivity index (χ2v) is 5.70. The number of aromatic amines is 1. The lowest BCUT2D eigenvalue weighted by atomic mass is 10.1. The van der Waals surface area contributed by atoms with Crippen molar-refractivity contribution in [1.82, 2.24) is 30.0 Å². The molecule has 116 valence electrons. The van der Waals surface area contributed by atoms with Crippen molar-refractivity contribution in [2.24, 2.45) is 0 Å². The van der Waals surface area contributed by atoms with Crippen molar-refractivity contribution in [1.29, 1.82) is 0 Å². The van der Waals surface area contributed by atoms with Gasteiger partial charge in [0.15, 0.2) is 0 Å². The molecule has 8 nitrogen and oxygen atoms in total. The van der Waals surface area contributed by atoms with Crippen LogP contribution in [-0.4, -0.2) is 50.2 Å². The maximum absolute atomic E-state index is 11.9. The number of aromatic nitrogens is 5. The standard InChI is InChI=1S/C14H19N7O/c1-8-9(2)19-20-14(15-8)18-13-16-11(6-12(22)17-13)10-4-5-21(3)7-10/h6,10H,4-5,7H2,1-3H3,(H2,15,16,17,18,20,22). The monoisotopic (exact) mass is 301 g/mol. The van der Waals surface area contributed by atoms with Gasteiger partial charge in [-0.25, -0.2) is 9.97 Å². The van der Waals surface area contributed by atoms with Gasteiger partial charge in [-0.05, 0) is 33.9 Å². The molecule has 1 aliphatic rings. The van der Waals surface area contributed by atoms with Crippen molar-refractivity contribution < 1.29 is 0 Å². The molecule has 0 spiro atoms. The molecule has 1 atom stereocenters. The predicted octanol–water partition coefficient (Wildman–Crippen LogP) is 0.734. The maximum Gasteiger partial charge on any atom is 0.252 e. The zero-order chi connectivity index (χ0) is 15.7. The summed E-state index contributed by atoms with van der Waals surface area (Å²) in [6.07, 6.45) is 1.01. The number of likely N-dealkylation sites (tertiary alicyclic amines) is 1. The topological polar surface area (TPSA) is 99.7 Å². The molecule has 3 heterocycles. The van der Waals surface area contributed by atoms with E-state index in [1.165, 1.54) is 0 Å². The molecule has 1 fully saturated rings. The molecule has 2 aromatic rings. The lowest BCUT2D eigenvalue weighted by molar-refractivity contribution is 0.410. The van der Waals surface area contributed by atoms with Crippen LogP contribution in [0, 0.1) is 13.8 Å². The van der Waals surface area contributed by atoms with Crippen LogP contribution in [0.2, 0.25) is 0 Å². The number of nitrogens with one attached hydrogen (secondary N) is 2. The minimum Gasteiger partial charge on any atom is -0.306 e. The van der Waals surface area contributed by atoms with Crippen molar-refractivity contribution in [3.8, 4) is 0 Å². The average Bonchev–Trinajstić information content (AvgIpc) is 2.89. The van der Waals surface area contributed by atoms with Crippen molar-refractivity contribution in [2.75, 3.05) is 25.5 Å². The summed E-state index contributed by atoms with van der Waals surface area (Å²) in [5.41, 5.74) is 2.18. The van der Waals surface area contributed by atoms with Crippen LogP contribution in [0.4, 0.5) is 11.9 Å². The molecule has 22 heavy (non-hydrogen) atoms. The largest absolute Gasteiger partial charge is 0.306 e. The minimum absolute atomic E-state index is 0.182. The van der Waals surface area contributed by atoms with E-state index in [4.69, 9.17) is 0 Å². The van der Waals surface area contributed by atoms with Crippen LogP contribution in [0.1, 0.15) is 29.4 Å². The van der Waals surface area contributed by atoms with Gasteiger partial charge < -0.3 is 4.90 Å². The Morgan fingerprint density at radius 3 is 2.77 bits per heavy atom. The van der Waals surface area contributed by atoms with Gasteiger partial charge in [0, 0.05) is 18.5 Å². The number of nitrogens with zero attached hydrogens (tertiary/aromatic N) is 5. The third-order valence-electron chi connectivity index (χ3n) is 3.89. The van der Waals surface area contributed by atoms with Gasteiger partial charge in [0.25, 0.3) is 5.56 Å². The molecule has 2 aromatic heterocycles. The van der Waals surface area contributed by atoms with Crippen LogP contribution in [0.5, 0.6) is 0 Å². The number of hydrogen-bond donors (Lipinski definition) is 2. The molecule has 0 radical (unpaired) electrons. The Hall–Kier alpha value is -2.35. The SMILES string of the molecule is Cc1nnc(Nc2nc(C3CCN(C)C3)cc(=O)[nH]2)nc1C. The summed E-state index contributed by atoms with van der Waals surface area (Å²) >= 11 is 0. The molecule has 0 aromatic carbocycles. The number of likely N-dealkylation sites (N-methyl/N-ethyl adjacent to an activating group) is 1. The predicted molar refractivity (Wildman–Crippen MR) is 82.3 cm³/mol. The fourth-order valence-electron chi connectivity index (χ4n) is 2.54. The van der Waals surface area contributed by atoms with Crippen LogP contribution in [0.15, 0.2) is 10.9 Å². The number of H-pyrrole nitrogens is 1. The Labute approximate surface area is 128 Å². The Kier molecular flexibility index (Phi) is 3.84. The molecular weight excluding hydrogens is 282 g/mol. The van der Waals surface area contributed by atoms with Crippen LogP contribution in [0.3, 0.4) is 0 Å². The van der Waals surface area contributed by atoms with E-state index in [2.05, 4.69) is 42.4 Å². The molecular formula is C14H19N7O. The zero-order valence-electron chi connectivity index (χ0n) is 12.9. The number of anilines is 2. The highest BCUT2D eigenvalue weighted by atomic mass is 16.1. The van der Waals surface area contributed by atoms with E-state index in [0.29, 0.717) is 11.9 Å². The Morgan fingerprint density at radius 1 is 1.27 bits per heavy atom. The van der Waals surface area contributed by atoms with Crippen molar-refractivity contribution in [3.05, 3.63) is 33.5 Å². The summed E-state index contributed by atoms with van der Waals surface area (Å²) in [5, 5.41) is 10.9. The lowest BCUT2D eigenvalue weighted by Crippen LogP contribution is -2.17. The Bertz CT molecular complexity index is 742. The normalized spacial score (nSPS) is 18.6.